The molecule has 0 radical (unpaired) electrons. The summed E-state index contributed by atoms with van der Waals surface area (Å²) >= 11 is 0. The number of fused-ring (bicyclic) bond motifs is 3. The molecule has 3 aromatic rings. The van der Waals surface area contributed by atoms with E-state index in [2.05, 4.69) is 25.2 Å². The number of hydrogen-bond donors (Lipinski definition) is 3. The van der Waals surface area contributed by atoms with Crippen LogP contribution in [0.5, 0.6) is 0 Å². The minimum Gasteiger partial charge on any atom is -0.480 e. The number of aromatic nitrogens is 4. The van der Waals surface area contributed by atoms with Crippen LogP contribution in [0.3, 0.4) is 0 Å². The fourth-order valence-corrected chi connectivity index (χ4v) is 1.78. The molecule has 1 atom stereocenters. The van der Waals surface area contributed by atoms with Gasteiger partial charge in [-0.15, -0.1) is 10.2 Å². The first kappa shape index (κ1) is 12.2. The number of H-pyrrole nitrogens is 1. The molecule has 4 N–H and O–H groups in total. The second-order valence-corrected chi connectivity index (χ2v) is 4.12. The van der Waals surface area contributed by atoms with Crippen LogP contribution >= 0.6 is 0 Å². The first-order valence-electron chi connectivity index (χ1n) is 5.79. The Morgan fingerprint density at radius 1 is 1.40 bits per heavy atom. The molecule has 0 saturated heterocycles. The smallest absolute Gasteiger partial charge is 0.326 e. The summed E-state index contributed by atoms with van der Waals surface area (Å²) in [5.41, 5.74) is 7.38. The fourth-order valence-electron chi connectivity index (χ4n) is 1.78. The highest BCUT2D eigenvalue weighted by Crippen LogP contribution is 2.22. The lowest BCUT2D eigenvalue weighted by Gasteiger charge is -1.96. The lowest BCUT2D eigenvalue weighted by atomic mass is 10.2. The average molecular weight is 270 g/mol. The van der Waals surface area contributed by atoms with Gasteiger partial charge in [-0.05, 0) is 6.07 Å². The maximum atomic E-state index is 10.6. The highest BCUT2D eigenvalue weighted by molar-refractivity contribution is 6.03. The number of para-hydroxylation sites is 1. The van der Waals surface area contributed by atoms with Crippen molar-refractivity contribution < 1.29 is 9.90 Å². The van der Waals surface area contributed by atoms with E-state index in [1.165, 1.54) is 0 Å². The normalized spacial score (nSPS) is 13.2. The molecule has 0 amide bonds. The quantitative estimate of drug-likeness (QED) is 0.598. The Balaban J connectivity index is 2.03. The van der Waals surface area contributed by atoms with Gasteiger partial charge in [0.25, 0.3) is 5.95 Å². The number of carboxylic acid groups (broad SMARTS) is 1. The van der Waals surface area contributed by atoms with Crippen molar-refractivity contribution >= 4 is 40.2 Å². The van der Waals surface area contributed by atoms with Gasteiger partial charge in [-0.2, -0.15) is 4.98 Å². The van der Waals surface area contributed by atoms with Gasteiger partial charge < -0.3 is 15.8 Å². The predicted octanol–water partition coefficient (Wildman–Crippen LogP) is 0.620. The number of carboxylic acids is 1. The molecule has 0 fully saturated rings. The van der Waals surface area contributed by atoms with Gasteiger partial charge in [0.05, 0.1) is 0 Å². The number of aliphatic imine (C=N–C) groups is 1. The Kier molecular flexibility index (Phi) is 2.84. The zero-order valence-electron chi connectivity index (χ0n) is 10.2. The third kappa shape index (κ3) is 2.08. The van der Waals surface area contributed by atoms with E-state index in [9.17, 15) is 4.79 Å². The molecule has 0 aliphatic carbocycles. The number of aliphatic carboxylic acids is 1. The average Bonchev–Trinajstić information content (AvgIpc) is 2.82. The van der Waals surface area contributed by atoms with Gasteiger partial charge in [0, 0.05) is 17.1 Å². The zero-order chi connectivity index (χ0) is 14.1. The van der Waals surface area contributed by atoms with E-state index in [4.69, 9.17) is 10.8 Å². The second-order valence-electron chi connectivity index (χ2n) is 4.12. The molecule has 0 aliphatic heterocycles. The number of benzene rings is 1. The van der Waals surface area contributed by atoms with E-state index in [0.29, 0.717) is 11.2 Å². The molecule has 2 aromatic heterocycles. The Hall–Kier alpha value is -2.87. The molecule has 1 unspecified atom stereocenters. The summed E-state index contributed by atoms with van der Waals surface area (Å²) in [6, 6.07) is 6.41. The van der Waals surface area contributed by atoms with E-state index >= 15 is 0 Å². The van der Waals surface area contributed by atoms with Gasteiger partial charge in [-0.1, -0.05) is 18.2 Å². The van der Waals surface area contributed by atoms with Crippen molar-refractivity contribution in [1.29, 1.82) is 0 Å². The van der Waals surface area contributed by atoms with Crippen molar-refractivity contribution in [2.45, 2.75) is 6.04 Å². The third-order valence-electron chi connectivity index (χ3n) is 2.75. The Morgan fingerprint density at radius 2 is 2.20 bits per heavy atom. The van der Waals surface area contributed by atoms with E-state index in [1.54, 1.807) is 0 Å². The SMILES string of the molecule is NC(C=Nc1nnc2c(n1)[nH]c1ccccc12)C(=O)O. The summed E-state index contributed by atoms with van der Waals surface area (Å²) in [6.07, 6.45) is 1.06. The number of rotatable bonds is 3. The molecule has 8 heteroatoms. The standard InChI is InChI=1S/C12H10N6O2/c13-7(11(19)20)5-14-12-16-10-9(17-18-12)6-3-1-2-4-8(6)15-10/h1-5,7H,13H2,(H,19,20)(H,15,16,18). The van der Waals surface area contributed by atoms with E-state index in [0.717, 1.165) is 17.1 Å². The topological polar surface area (TPSA) is 130 Å². The number of aromatic amines is 1. The van der Waals surface area contributed by atoms with Crippen molar-refractivity contribution in [3.8, 4) is 0 Å². The molecule has 8 nitrogen and oxygen atoms in total. The summed E-state index contributed by atoms with van der Waals surface area (Å²) in [7, 11) is 0. The minimum absolute atomic E-state index is 0.0563. The van der Waals surface area contributed by atoms with Crippen molar-refractivity contribution in [3.05, 3.63) is 24.3 Å². The second kappa shape index (κ2) is 4.67. The monoisotopic (exact) mass is 270 g/mol. The Morgan fingerprint density at radius 3 is 3.00 bits per heavy atom. The third-order valence-corrected chi connectivity index (χ3v) is 2.75. The molecule has 0 spiro atoms. The van der Waals surface area contributed by atoms with Crippen LogP contribution in [0.2, 0.25) is 0 Å². The lowest BCUT2D eigenvalue weighted by Crippen LogP contribution is -2.31. The Labute approximate surface area is 112 Å². The van der Waals surface area contributed by atoms with Crippen LogP contribution in [-0.4, -0.2) is 43.5 Å². The maximum Gasteiger partial charge on any atom is 0.326 e. The summed E-state index contributed by atoms with van der Waals surface area (Å²) in [5, 5.41) is 17.4. The van der Waals surface area contributed by atoms with Crippen LogP contribution in [0, 0.1) is 0 Å². The Bertz CT molecular complexity index is 825. The minimum atomic E-state index is -1.20. The van der Waals surface area contributed by atoms with Crippen molar-refractivity contribution in [2.24, 2.45) is 10.7 Å². The van der Waals surface area contributed by atoms with Crippen molar-refractivity contribution in [1.82, 2.24) is 20.2 Å². The van der Waals surface area contributed by atoms with Gasteiger partial charge >= 0.3 is 5.97 Å². The van der Waals surface area contributed by atoms with Crippen LogP contribution in [0.4, 0.5) is 5.95 Å². The highest BCUT2D eigenvalue weighted by Gasteiger charge is 2.10. The number of nitrogens with two attached hydrogens (primary N) is 1. The van der Waals surface area contributed by atoms with Gasteiger partial charge in [0.1, 0.15) is 11.6 Å². The van der Waals surface area contributed by atoms with Crippen LogP contribution in [-0.2, 0) is 4.79 Å². The predicted molar refractivity (Wildman–Crippen MR) is 73.0 cm³/mol. The first-order valence-corrected chi connectivity index (χ1v) is 5.79. The molecule has 2 heterocycles. The maximum absolute atomic E-state index is 10.6. The molecule has 0 bridgehead atoms. The molecule has 100 valence electrons. The van der Waals surface area contributed by atoms with Gasteiger partial charge in [0.15, 0.2) is 5.65 Å². The molecule has 0 aliphatic rings. The van der Waals surface area contributed by atoms with Crippen LogP contribution < -0.4 is 5.73 Å². The van der Waals surface area contributed by atoms with E-state index < -0.39 is 12.0 Å². The van der Waals surface area contributed by atoms with E-state index in [-0.39, 0.29) is 5.95 Å². The van der Waals surface area contributed by atoms with Crippen LogP contribution in [0.15, 0.2) is 29.3 Å². The summed E-state index contributed by atoms with van der Waals surface area (Å²) in [4.78, 5) is 21.6. The summed E-state index contributed by atoms with van der Waals surface area (Å²) in [5.74, 6) is -1.12. The molecular weight excluding hydrogens is 260 g/mol. The molecule has 20 heavy (non-hydrogen) atoms. The van der Waals surface area contributed by atoms with Gasteiger partial charge in [-0.25, -0.2) is 4.99 Å². The van der Waals surface area contributed by atoms with Gasteiger partial charge in [0.2, 0.25) is 0 Å². The van der Waals surface area contributed by atoms with Gasteiger partial charge in [-0.3, -0.25) is 4.79 Å². The molecule has 1 aromatic carbocycles. The largest absolute Gasteiger partial charge is 0.480 e. The lowest BCUT2D eigenvalue weighted by molar-refractivity contribution is -0.136. The first-order chi connectivity index (χ1) is 9.65. The van der Waals surface area contributed by atoms with Crippen molar-refractivity contribution in [2.75, 3.05) is 0 Å². The zero-order valence-corrected chi connectivity index (χ0v) is 10.2. The van der Waals surface area contributed by atoms with Crippen LogP contribution in [0.25, 0.3) is 22.1 Å². The molecule has 0 saturated carbocycles. The van der Waals surface area contributed by atoms with Crippen molar-refractivity contribution in [3.63, 3.8) is 0 Å². The molecule has 3 rings (SSSR count). The summed E-state index contributed by atoms with van der Waals surface area (Å²) < 4.78 is 0. The number of hydrogen-bond acceptors (Lipinski definition) is 6. The fraction of sp³-hybridized carbons (Fsp3) is 0.0833. The van der Waals surface area contributed by atoms with Crippen LogP contribution in [0.1, 0.15) is 0 Å². The molecular formula is C12H10N6O2. The van der Waals surface area contributed by atoms with E-state index in [1.807, 2.05) is 24.3 Å². The highest BCUT2D eigenvalue weighted by atomic mass is 16.4. The number of nitrogens with one attached hydrogen (secondary N) is 1. The number of carbonyl (C=O) groups is 1. The number of nitrogens with zero attached hydrogens (tertiary/aromatic N) is 4. The summed E-state index contributed by atoms with van der Waals surface area (Å²) in [6.45, 7) is 0.